The van der Waals surface area contributed by atoms with E-state index in [2.05, 4.69) is 36.3 Å². The predicted molar refractivity (Wildman–Crippen MR) is 103 cm³/mol. The topological polar surface area (TPSA) is 92.4 Å². The number of aryl methyl sites for hydroxylation is 1. The summed E-state index contributed by atoms with van der Waals surface area (Å²) in [5.41, 5.74) is 2.19. The minimum absolute atomic E-state index is 0.133. The highest BCUT2D eigenvalue weighted by atomic mass is 16.4. The zero-order chi connectivity index (χ0) is 20.0. The van der Waals surface area contributed by atoms with E-state index in [0.717, 1.165) is 5.56 Å². The van der Waals surface area contributed by atoms with Gasteiger partial charge in [0.25, 0.3) is 0 Å². The van der Waals surface area contributed by atoms with Gasteiger partial charge in [0, 0.05) is 18.4 Å². The third-order valence-corrected chi connectivity index (χ3v) is 4.32. The SMILES string of the molecule is CC(C)CC(NC(=O)CCc1ncc(-c2ccc(C(C)C)cc2)o1)C(=O)O. The summed E-state index contributed by atoms with van der Waals surface area (Å²) in [5.74, 6) is 0.438. The van der Waals surface area contributed by atoms with Crippen LogP contribution in [0.15, 0.2) is 34.9 Å². The van der Waals surface area contributed by atoms with Gasteiger partial charge in [0.2, 0.25) is 5.91 Å². The van der Waals surface area contributed by atoms with Crippen LogP contribution in [-0.4, -0.2) is 28.0 Å². The van der Waals surface area contributed by atoms with Gasteiger partial charge in [0.15, 0.2) is 11.7 Å². The first-order chi connectivity index (χ1) is 12.8. The molecule has 0 aliphatic carbocycles. The van der Waals surface area contributed by atoms with Gasteiger partial charge in [0.1, 0.15) is 6.04 Å². The van der Waals surface area contributed by atoms with E-state index >= 15 is 0 Å². The number of hydrogen-bond acceptors (Lipinski definition) is 4. The summed E-state index contributed by atoms with van der Waals surface area (Å²) < 4.78 is 5.73. The van der Waals surface area contributed by atoms with Gasteiger partial charge < -0.3 is 14.8 Å². The molecule has 6 nitrogen and oxygen atoms in total. The second-order valence-corrected chi connectivity index (χ2v) is 7.48. The number of aliphatic carboxylic acids is 1. The van der Waals surface area contributed by atoms with Crippen LogP contribution in [0.1, 0.15) is 57.9 Å². The van der Waals surface area contributed by atoms with Crippen molar-refractivity contribution in [3.63, 3.8) is 0 Å². The highest BCUT2D eigenvalue weighted by molar-refractivity contribution is 5.83. The lowest BCUT2D eigenvalue weighted by atomic mass is 10.0. The van der Waals surface area contributed by atoms with Gasteiger partial charge in [0.05, 0.1) is 6.20 Å². The maximum atomic E-state index is 12.0. The summed E-state index contributed by atoms with van der Waals surface area (Å²) in [5, 5.41) is 11.8. The molecule has 2 aromatic rings. The number of carboxylic acids is 1. The minimum atomic E-state index is -1.01. The summed E-state index contributed by atoms with van der Waals surface area (Å²) in [6.07, 6.45) is 2.51. The molecular formula is C21H28N2O4. The number of hydrogen-bond donors (Lipinski definition) is 2. The van der Waals surface area contributed by atoms with Gasteiger partial charge in [-0.1, -0.05) is 52.0 Å². The van der Waals surface area contributed by atoms with Crippen LogP contribution in [0.2, 0.25) is 0 Å². The molecule has 0 radical (unpaired) electrons. The Bertz CT molecular complexity index is 763. The molecule has 1 aromatic heterocycles. The Morgan fingerprint density at radius 1 is 1.15 bits per heavy atom. The number of amides is 1. The van der Waals surface area contributed by atoms with Crippen LogP contribution in [0.5, 0.6) is 0 Å². The standard InChI is InChI=1S/C21H28N2O4/c1-13(2)11-17(21(25)26)23-19(24)9-10-20-22-12-18(27-20)16-7-5-15(6-8-16)14(3)4/h5-8,12-14,17H,9-11H2,1-4H3,(H,23,24)(H,25,26). The van der Waals surface area contributed by atoms with Crippen LogP contribution in [0.3, 0.4) is 0 Å². The molecule has 0 bridgehead atoms. The van der Waals surface area contributed by atoms with Crippen LogP contribution in [0.4, 0.5) is 0 Å². The summed E-state index contributed by atoms with van der Waals surface area (Å²) in [4.78, 5) is 27.5. The first-order valence-corrected chi connectivity index (χ1v) is 9.33. The number of carboxylic acid groups (broad SMARTS) is 1. The van der Waals surface area contributed by atoms with Crippen LogP contribution >= 0.6 is 0 Å². The zero-order valence-corrected chi connectivity index (χ0v) is 16.4. The monoisotopic (exact) mass is 372 g/mol. The van der Waals surface area contributed by atoms with E-state index in [9.17, 15) is 14.7 Å². The third kappa shape index (κ3) is 6.24. The normalized spacial score (nSPS) is 12.4. The second-order valence-electron chi connectivity index (χ2n) is 7.48. The average Bonchev–Trinajstić information content (AvgIpc) is 3.08. The van der Waals surface area contributed by atoms with Crippen LogP contribution in [-0.2, 0) is 16.0 Å². The smallest absolute Gasteiger partial charge is 0.326 e. The fraction of sp³-hybridized carbons (Fsp3) is 0.476. The average molecular weight is 372 g/mol. The molecule has 1 atom stereocenters. The summed E-state index contributed by atoms with van der Waals surface area (Å²) in [6, 6.07) is 7.26. The molecule has 146 valence electrons. The maximum Gasteiger partial charge on any atom is 0.326 e. The molecule has 1 aromatic carbocycles. The number of nitrogens with zero attached hydrogens (tertiary/aromatic N) is 1. The maximum absolute atomic E-state index is 12.0. The highest BCUT2D eigenvalue weighted by Crippen LogP contribution is 2.23. The molecule has 2 rings (SSSR count). The molecule has 0 saturated heterocycles. The van der Waals surface area contributed by atoms with E-state index in [1.165, 1.54) is 5.56 Å². The predicted octanol–water partition coefficient (Wildman–Crippen LogP) is 4.01. The zero-order valence-electron chi connectivity index (χ0n) is 16.4. The van der Waals surface area contributed by atoms with Gasteiger partial charge in [-0.3, -0.25) is 4.79 Å². The Morgan fingerprint density at radius 3 is 2.37 bits per heavy atom. The number of benzene rings is 1. The van der Waals surface area contributed by atoms with Crippen LogP contribution in [0.25, 0.3) is 11.3 Å². The van der Waals surface area contributed by atoms with Crippen molar-refractivity contribution in [3.8, 4) is 11.3 Å². The Balaban J connectivity index is 1.91. The van der Waals surface area contributed by atoms with Crippen molar-refractivity contribution >= 4 is 11.9 Å². The number of nitrogens with one attached hydrogen (secondary N) is 1. The summed E-state index contributed by atoms with van der Waals surface area (Å²) in [7, 11) is 0. The fourth-order valence-corrected chi connectivity index (χ4v) is 2.77. The molecule has 0 saturated carbocycles. The first kappa shape index (κ1) is 20.7. The van der Waals surface area contributed by atoms with Gasteiger partial charge in [-0.15, -0.1) is 0 Å². The Labute approximate surface area is 160 Å². The van der Waals surface area contributed by atoms with Crippen molar-refractivity contribution in [1.29, 1.82) is 0 Å². The van der Waals surface area contributed by atoms with E-state index in [-0.39, 0.29) is 18.2 Å². The third-order valence-electron chi connectivity index (χ3n) is 4.32. The van der Waals surface area contributed by atoms with E-state index in [1.54, 1.807) is 6.20 Å². The van der Waals surface area contributed by atoms with Gasteiger partial charge in [-0.2, -0.15) is 0 Å². The second kappa shape index (κ2) is 9.35. The molecule has 6 heteroatoms. The molecule has 2 N–H and O–H groups in total. The first-order valence-electron chi connectivity index (χ1n) is 9.33. The molecule has 0 fully saturated rings. The molecule has 1 unspecified atom stereocenters. The van der Waals surface area contributed by atoms with Gasteiger partial charge in [-0.05, 0) is 23.8 Å². The van der Waals surface area contributed by atoms with Crippen molar-refractivity contribution in [2.75, 3.05) is 0 Å². The van der Waals surface area contributed by atoms with E-state index in [4.69, 9.17) is 4.42 Å². The lowest BCUT2D eigenvalue weighted by Crippen LogP contribution is -2.41. The van der Waals surface area contributed by atoms with Crippen LogP contribution < -0.4 is 5.32 Å². The lowest BCUT2D eigenvalue weighted by molar-refractivity contribution is -0.142. The van der Waals surface area contributed by atoms with Gasteiger partial charge >= 0.3 is 5.97 Å². The largest absolute Gasteiger partial charge is 0.480 e. The fourth-order valence-electron chi connectivity index (χ4n) is 2.77. The Hall–Kier alpha value is -2.63. The molecule has 27 heavy (non-hydrogen) atoms. The molecular weight excluding hydrogens is 344 g/mol. The van der Waals surface area contributed by atoms with Crippen molar-refractivity contribution in [1.82, 2.24) is 10.3 Å². The van der Waals surface area contributed by atoms with Crippen molar-refractivity contribution in [3.05, 3.63) is 41.9 Å². The number of carbonyl (C=O) groups is 2. The summed E-state index contributed by atoms with van der Waals surface area (Å²) in [6.45, 7) is 8.12. The Morgan fingerprint density at radius 2 is 1.81 bits per heavy atom. The van der Waals surface area contributed by atoms with E-state index in [0.29, 0.717) is 30.4 Å². The number of carbonyl (C=O) groups excluding carboxylic acids is 1. The minimum Gasteiger partial charge on any atom is -0.480 e. The van der Waals surface area contributed by atoms with Crippen LogP contribution in [0, 0.1) is 5.92 Å². The summed E-state index contributed by atoms with van der Waals surface area (Å²) >= 11 is 0. The van der Waals surface area contributed by atoms with Crippen molar-refractivity contribution in [2.24, 2.45) is 5.92 Å². The number of rotatable bonds is 9. The van der Waals surface area contributed by atoms with Crippen molar-refractivity contribution in [2.45, 2.75) is 58.9 Å². The number of aromatic nitrogens is 1. The molecule has 0 aliphatic rings. The Kier molecular flexibility index (Phi) is 7.16. The quantitative estimate of drug-likeness (QED) is 0.694. The van der Waals surface area contributed by atoms with E-state index < -0.39 is 12.0 Å². The molecule has 1 heterocycles. The van der Waals surface area contributed by atoms with E-state index in [1.807, 2.05) is 26.0 Å². The number of oxazole rings is 1. The van der Waals surface area contributed by atoms with Crippen molar-refractivity contribution < 1.29 is 19.1 Å². The lowest BCUT2D eigenvalue weighted by Gasteiger charge is -2.16. The molecule has 0 aliphatic heterocycles. The highest BCUT2D eigenvalue weighted by Gasteiger charge is 2.21. The molecule has 0 spiro atoms. The van der Waals surface area contributed by atoms with Gasteiger partial charge in [-0.25, -0.2) is 9.78 Å². The molecule has 1 amide bonds.